The van der Waals surface area contributed by atoms with Crippen LogP contribution in [0.3, 0.4) is 0 Å². The second-order valence-corrected chi connectivity index (χ2v) is 6.25. The van der Waals surface area contributed by atoms with Crippen LogP contribution >= 0.6 is 0 Å². The number of amides is 2. The summed E-state index contributed by atoms with van der Waals surface area (Å²) in [7, 11) is 2.00. The number of nitrogens with zero attached hydrogens (tertiary/aromatic N) is 3. The summed E-state index contributed by atoms with van der Waals surface area (Å²) in [4.78, 5) is 16.6. The number of aromatic nitrogens is 3. The van der Waals surface area contributed by atoms with Gasteiger partial charge in [0.25, 0.3) is 0 Å². The Morgan fingerprint density at radius 3 is 2.62 bits per heavy atom. The van der Waals surface area contributed by atoms with Crippen LogP contribution in [-0.4, -0.2) is 20.1 Å². The van der Waals surface area contributed by atoms with Crippen molar-refractivity contribution in [3.63, 3.8) is 0 Å². The average Bonchev–Trinajstić information content (AvgIpc) is 3.21. The van der Waals surface area contributed by atoms with Crippen LogP contribution in [0.15, 0.2) is 67.3 Å². The molecular weight excluding hydrogens is 326 g/mol. The molecule has 0 atom stereocenters. The highest BCUT2D eigenvalue weighted by Gasteiger charge is 2.06. The van der Waals surface area contributed by atoms with Crippen molar-refractivity contribution in [2.24, 2.45) is 7.05 Å². The molecule has 26 heavy (non-hydrogen) atoms. The Bertz CT molecular complexity index is 1090. The van der Waals surface area contributed by atoms with Crippen molar-refractivity contribution in [3.05, 3.63) is 72.9 Å². The van der Waals surface area contributed by atoms with Crippen LogP contribution in [-0.2, 0) is 7.05 Å². The van der Waals surface area contributed by atoms with Gasteiger partial charge in [0, 0.05) is 47.4 Å². The molecule has 2 heterocycles. The van der Waals surface area contributed by atoms with Crippen LogP contribution in [0.25, 0.3) is 16.6 Å². The number of benzene rings is 2. The zero-order valence-corrected chi connectivity index (χ0v) is 14.6. The maximum absolute atomic E-state index is 12.3. The topological polar surface area (TPSA) is 63.9 Å². The molecule has 2 aromatic carbocycles. The average molecular weight is 345 g/mol. The fraction of sp³-hybridized carbons (Fsp3) is 0.100. The number of carbonyl (C=O) groups excluding carboxylic acids is 1. The number of hydrogen-bond acceptors (Lipinski definition) is 2. The number of hydrogen-bond donors (Lipinski definition) is 2. The van der Waals surface area contributed by atoms with Gasteiger partial charge in [-0.05, 0) is 49.4 Å². The molecule has 0 radical (unpaired) electrons. The van der Waals surface area contributed by atoms with Crippen LogP contribution in [0.5, 0.6) is 0 Å². The van der Waals surface area contributed by atoms with Gasteiger partial charge >= 0.3 is 6.03 Å². The molecule has 130 valence electrons. The lowest BCUT2D eigenvalue weighted by Crippen LogP contribution is -2.19. The van der Waals surface area contributed by atoms with Gasteiger partial charge in [-0.25, -0.2) is 9.78 Å². The molecule has 0 spiro atoms. The first-order valence-corrected chi connectivity index (χ1v) is 8.33. The number of urea groups is 1. The summed E-state index contributed by atoms with van der Waals surface area (Å²) in [6, 6.07) is 15.2. The Labute approximate surface area is 151 Å². The van der Waals surface area contributed by atoms with Gasteiger partial charge in [0.15, 0.2) is 0 Å². The number of rotatable bonds is 3. The smallest absolute Gasteiger partial charge is 0.323 e. The Morgan fingerprint density at radius 1 is 1.04 bits per heavy atom. The van der Waals surface area contributed by atoms with Crippen molar-refractivity contribution in [1.29, 1.82) is 0 Å². The maximum Gasteiger partial charge on any atom is 0.323 e. The van der Waals surface area contributed by atoms with Crippen molar-refractivity contribution < 1.29 is 4.79 Å². The lowest BCUT2D eigenvalue weighted by molar-refractivity contribution is 0.262. The van der Waals surface area contributed by atoms with Gasteiger partial charge in [-0.15, -0.1) is 0 Å². The second kappa shape index (κ2) is 6.40. The van der Waals surface area contributed by atoms with Gasteiger partial charge in [-0.2, -0.15) is 0 Å². The number of aryl methyl sites for hydroxylation is 2. The van der Waals surface area contributed by atoms with E-state index in [1.165, 1.54) is 0 Å². The van der Waals surface area contributed by atoms with Crippen molar-refractivity contribution in [3.8, 4) is 5.69 Å². The van der Waals surface area contributed by atoms with E-state index in [0.29, 0.717) is 5.69 Å². The standard InChI is InChI=1S/C20H19N5O/c1-14-12-25(13-21-14)18-5-3-4-16(11-18)22-20(26)23-17-6-7-19-15(10-17)8-9-24(19)2/h3-13H,1-2H3,(H2,22,23,26). The summed E-state index contributed by atoms with van der Waals surface area (Å²) in [5.74, 6) is 0. The zero-order chi connectivity index (χ0) is 18.1. The number of carbonyl (C=O) groups is 1. The number of fused-ring (bicyclic) bond motifs is 1. The summed E-state index contributed by atoms with van der Waals surface area (Å²) in [6.45, 7) is 1.94. The molecule has 2 amide bonds. The molecule has 0 unspecified atom stereocenters. The van der Waals surface area contributed by atoms with E-state index in [1.807, 2.05) is 84.0 Å². The van der Waals surface area contributed by atoms with Crippen LogP contribution in [0.4, 0.5) is 16.2 Å². The van der Waals surface area contributed by atoms with Crippen LogP contribution in [0.2, 0.25) is 0 Å². The number of nitrogens with one attached hydrogen (secondary N) is 2. The summed E-state index contributed by atoms with van der Waals surface area (Å²) < 4.78 is 3.96. The van der Waals surface area contributed by atoms with Crippen LogP contribution in [0.1, 0.15) is 5.69 Å². The lowest BCUT2D eigenvalue weighted by atomic mass is 10.2. The van der Waals surface area contributed by atoms with Crippen molar-refractivity contribution in [2.75, 3.05) is 10.6 Å². The van der Waals surface area contributed by atoms with E-state index < -0.39 is 0 Å². The first-order valence-electron chi connectivity index (χ1n) is 8.33. The lowest BCUT2D eigenvalue weighted by Gasteiger charge is -2.10. The Hall–Kier alpha value is -3.54. The van der Waals surface area contributed by atoms with E-state index in [0.717, 1.165) is 28.0 Å². The van der Waals surface area contributed by atoms with Crippen molar-refractivity contribution in [2.45, 2.75) is 6.92 Å². The molecule has 0 aliphatic carbocycles. The SMILES string of the molecule is Cc1cn(-c2cccc(NC(=O)Nc3ccc4c(ccn4C)c3)c2)cn1. The minimum Gasteiger partial charge on any atom is -0.351 e. The molecule has 0 saturated heterocycles. The normalized spacial score (nSPS) is 10.8. The summed E-state index contributed by atoms with van der Waals surface area (Å²) in [5, 5.41) is 6.83. The van der Waals surface area contributed by atoms with Gasteiger partial charge in [0.05, 0.1) is 12.0 Å². The van der Waals surface area contributed by atoms with Gasteiger partial charge < -0.3 is 19.8 Å². The van der Waals surface area contributed by atoms with E-state index in [4.69, 9.17) is 0 Å². The first-order chi connectivity index (χ1) is 12.6. The largest absolute Gasteiger partial charge is 0.351 e. The summed E-state index contributed by atoms with van der Waals surface area (Å²) in [6.07, 6.45) is 5.69. The Morgan fingerprint density at radius 2 is 1.85 bits per heavy atom. The highest BCUT2D eigenvalue weighted by molar-refractivity contribution is 6.01. The summed E-state index contributed by atoms with van der Waals surface area (Å²) >= 11 is 0. The predicted molar refractivity (Wildman–Crippen MR) is 104 cm³/mol. The van der Waals surface area contributed by atoms with Gasteiger partial charge in [0.1, 0.15) is 0 Å². The number of anilines is 2. The van der Waals surface area contributed by atoms with Gasteiger partial charge in [0.2, 0.25) is 0 Å². The zero-order valence-electron chi connectivity index (χ0n) is 14.6. The van der Waals surface area contributed by atoms with Gasteiger partial charge in [-0.1, -0.05) is 6.07 Å². The monoisotopic (exact) mass is 345 g/mol. The molecule has 2 N–H and O–H groups in total. The Kier molecular flexibility index (Phi) is 3.93. The number of imidazole rings is 1. The molecule has 6 heteroatoms. The Balaban J connectivity index is 1.49. The van der Waals surface area contributed by atoms with E-state index in [9.17, 15) is 4.79 Å². The third kappa shape index (κ3) is 3.17. The third-order valence-corrected chi connectivity index (χ3v) is 4.26. The molecule has 0 aliphatic heterocycles. The molecule has 0 fully saturated rings. The molecule has 0 bridgehead atoms. The molecule has 0 saturated carbocycles. The van der Waals surface area contributed by atoms with E-state index in [1.54, 1.807) is 6.33 Å². The maximum atomic E-state index is 12.3. The second-order valence-electron chi connectivity index (χ2n) is 6.25. The molecule has 4 rings (SSSR count). The molecule has 6 nitrogen and oxygen atoms in total. The fourth-order valence-electron chi connectivity index (χ4n) is 2.96. The highest BCUT2D eigenvalue weighted by Crippen LogP contribution is 2.20. The molecule has 0 aliphatic rings. The van der Waals surface area contributed by atoms with E-state index in [2.05, 4.69) is 15.6 Å². The molecular formula is C20H19N5O. The van der Waals surface area contributed by atoms with Crippen molar-refractivity contribution >= 4 is 28.3 Å². The summed E-state index contributed by atoms with van der Waals surface area (Å²) in [5.41, 5.74) is 4.47. The van der Waals surface area contributed by atoms with Crippen LogP contribution in [0, 0.1) is 6.92 Å². The highest BCUT2D eigenvalue weighted by atomic mass is 16.2. The quantitative estimate of drug-likeness (QED) is 0.581. The molecule has 4 aromatic rings. The first kappa shape index (κ1) is 16.0. The van der Waals surface area contributed by atoms with Crippen molar-refractivity contribution in [1.82, 2.24) is 14.1 Å². The van der Waals surface area contributed by atoms with E-state index >= 15 is 0 Å². The molecule has 2 aromatic heterocycles. The minimum absolute atomic E-state index is 0.278. The minimum atomic E-state index is -0.278. The van der Waals surface area contributed by atoms with Gasteiger partial charge in [-0.3, -0.25) is 0 Å². The third-order valence-electron chi connectivity index (χ3n) is 4.26. The van der Waals surface area contributed by atoms with Crippen LogP contribution < -0.4 is 10.6 Å². The van der Waals surface area contributed by atoms with E-state index in [-0.39, 0.29) is 6.03 Å². The predicted octanol–water partition coefficient (Wildman–Crippen LogP) is 4.32. The fourth-order valence-corrected chi connectivity index (χ4v) is 2.96.